The second kappa shape index (κ2) is 6.96. The molecule has 0 bridgehead atoms. The minimum Gasteiger partial charge on any atom is -0.480 e. The summed E-state index contributed by atoms with van der Waals surface area (Å²) in [6.45, 7) is 0.0584. The zero-order valence-corrected chi connectivity index (χ0v) is 10.8. The number of carbonyl (C=O) groups is 2. The van der Waals surface area contributed by atoms with Crippen LogP contribution in [0.15, 0.2) is 30.3 Å². The Labute approximate surface area is 116 Å². The molecule has 0 saturated carbocycles. The van der Waals surface area contributed by atoms with Crippen LogP contribution in [0.3, 0.4) is 0 Å². The fraction of sp³-hybridized carbons (Fsp3) is 0.333. The first-order valence-corrected chi connectivity index (χ1v) is 5.46. The number of carbonyl (C=O) groups excluding carboxylic acids is 1. The number of halogens is 1. The summed E-state index contributed by atoms with van der Waals surface area (Å²) in [7, 11) is 0. The van der Waals surface area contributed by atoms with Crippen LogP contribution in [-0.2, 0) is 20.9 Å². The van der Waals surface area contributed by atoms with Gasteiger partial charge >= 0.3 is 12.1 Å². The van der Waals surface area contributed by atoms with Gasteiger partial charge in [-0.2, -0.15) is 0 Å². The Morgan fingerprint density at radius 1 is 1.37 bits per heavy atom. The number of aliphatic carboxylic acids is 1. The van der Waals surface area contributed by atoms with Gasteiger partial charge in [-0.15, -0.1) is 12.4 Å². The summed E-state index contributed by atoms with van der Waals surface area (Å²) >= 11 is 0. The molecule has 1 N–H and O–H groups in total. The van der Waals surface area contributed by atoms with Gasteiger partial charge in [0.25, 0.3) is 0 Å². The molecule has 1 heterocycles. The second-order valence-corrected chi connectivity index (χ2v) is 3.86. The zero-order valence-electron chi connectivity index (χ0n) is 10.0. The van der Waals surface area contributed by atoms with E-state index in [4.69, 9.17) is 14.6 Å². The van der Waals surface area contributed by atoms with Crippen molar-refractivity contribution in [2.75, 3.05) is 13.3 Å². The third-order valence-corrected chi connectivity index (χ3v) is 2.61. The standard InChI is InChI=1S/C12H13NO5.ClH/c14-11(15)10-7-17-8-13(10)12(16)18-6-9-4-2-1-3-5-9;/h1-5,10H,6-8H2,(H,14,15);1H/t10-;/m1./s1. The van der Waals surface area contributed by atoms with Crippen LogP contribution in [0, 0.1) is 0 Å². The molecule has 1 saturated heterocycles. The van der Waals surface area contributed by atoms with Crippen molar-refractivity contribution in [3.63, 3.8) is 0 Å². The maximum Gasteiger partial charge on any atom is 0.412 e. The minimum atomic E-state index is -1.09. The van der Waals surface area contributed by atoms with Crippen molar-refractivity contribution in [3.05, 3.63) is 35.9 Å². The van der Waals surface area contributed by atoms with E-state index in [9.17, 15) is 9.59 Å². The number of amides is 1. The molecule has 1 aromatic carbocycles. The lowest BCUT2D eigenvalue weighted by atomic mass is 10.2. The minimum absolute atomic E-state index is 0. The first kappa shape index (κ1) is 15.3. The van der Waals surface area contributed by atoms with Gasteiger partial charge in [-0.3, -0.25) is 4.90 Å². The van der Waals surface area contributed by atoms with Crippen molar-refractivity contribution in [1.82, 2.24) is 4.90 Å². The van der Waals surface area contributed by atoms with Crippen LogP contribution in [-0.4, -0.2) is 41.4 Å². The molecule has 0 unspecified atom stereocenters. The predicted octanol–water partition coefficient (Wildman–Crippen LogP) is 1.49. The number of carboxylic acids is 1. The summed E-state index contributed by atoms with van der Waals surface area (Å²) in [5.74, 6) is -1.09. The lowest BCUT2D eigenvalue weighted by Gasteiger charge is -2.18. The van der Waals surface area contributed by atoms with Gasteiger partial charge in [-0.05, 0) is 5.56 Å². The van der Waals surface area contributed by atoms with E-state index in [0.29, 0.717) is 0 Å². The van der Waals surface area contributed by atoms with Crippen LogP contribution in [0.4, 0.5) is 4.79 Å². The SMILES string of the molecule is Cl.O=C(O)[C@H]1COCN1C(=O)OCc1ccccc1. The van der Waals surface area contributed by atoms with E-state index in [1.54, 1.807) is 0 Å². The molecule has 0 aliphatic carbocycles. The van der Waals surface area contributed by atoms with E-state index in [2.05, 4.69) is 0 Å². The van der Waals surface area contributed by atoms with Gasteiger partial charge in [-0.1, -0.05) is 30.3 Å². The molecule has 0 aromatic heterocycles. The quantitative estimate of drug-likeness (QED) is 0.911. The molecule has 6 nitrogen and oxygen atoms in total. The monoisotopic (exact) mass is 287 g/mol. The summed E-state index contributed by atoms with van der Waals surface area (Å²) in [6, 6.07) is 8.21. The lowest BCUT2D eigenvalue weighted by Crippen LogP contribution is -2.41. The average Bonchev–Trinajstić information content (AvgIpc) is 2.86. The first-order valence-electron chi connectivity index (χ1n) is 5.46. The molecular weight excluding hydrogens is 274 g/mol. The normalized spacial score (nSPS) is 17.7. The maximum atomic E-state index is 11.7. The van der Waals surface area contributed by atoms with Crippen LogP contribution in [0.25, 0.3) is 0 Å². The molecule has 1 aliphatic heterocycles. The molecule has 0 spiro atoms. The number of carboxylic acid groups (broad SMARTS) is 1. The van der Waals surface area contributed by atoms with Crippen LogP contribution >= 0.6 is 12.4 Å². The van der Waals surface area contributed by atoms with Gasteiger partial charge in [0, 0.05) is 0 Å². The summed E-state index contributed by atoms with van der Waals surface area (Å²) in [5, 5.41) is 8.89. The number of hydrogen-bond acceptors (Lipinski definition) is 4. The largest absolute Gasteiger partial charge is 0.480 e. The number of rotatable bonds is 3. The van der Waals surface area contributed by atoms with Crippen LogP contribution in [0.2, 0.25) is 0 Å². The Balaban J connectivity index is 0.00000180. The van der Waals surface area contributed by atoms with Crippen molar-refractivity contribution >= 4 is 24.5 Å². The van der Waals surface area contributed by atoms with Gasteiger partial charge in [0.15, 0.2) is 6.04 Å². The number of hydrogen-bond donors (Lipinski definition) is 1. The fourth-order valence-corrected chi connectivity index (χ4v) is 1.63. The number of ether oxygens (including phenoxy) is 2. The molecule has 1 fully saturated rings. The molecule has 1 atom stereocenters. The van der Waals surface area contributed by atoms with E-state index in [1.807, 2.05) is 30.3 Å². The summed E-state index contributed by atoms with van der Waals surface area (Å²) in [5.41, 5.74) is 0.845. The lowest BCUT2D eigenvalue weighted by molar-refractivity contribution is -0.141. The highest BCUT2D eigenvalue weighted by Crippen LogP contribution is 2.12. The van der Waals surface area contributed by atoms with E-state index in [0.717, 1.165) is 10.5 Å². The molecule has 104 valence electrons. The number of nitrogens with zero attached hydrogens (tertiary/aromatic N) is 1. The molecule has 1 aromatic rings. The van der Waals surface area contributed by atoms with Crippen molar-refractivity contribution < 1.29 is 24.2 Å². The Bertz CT molecular complexity index is 439. The highest BCUT2D eigenvalue weighted by molar-refractivity contribution is 5.85. The fourth-order valence-electron chi connectivity index (χ4n) is 1.63. The van der Waals surface area contributed by atoms with Crippen molar-refractivity contribution in [1.29, 1.82) is 0 Å². The van der Waals surface area contributed by atoms with Crippen molar-refractivity contribution in [3.8, 4) is 0 Å². The molecule has 0 radical (unpaired) electrons. The van der Waals surface area contributed by atoms with Crippen LogP contribution < -0.4 is 0 Å². The summed E-state index contributed by atoms with van der Waals surface area (Å²) in [6.07, 6.45) is -0.677. The van der Waals surface area contributed by atoms with Gasteiger partial charge in [-0.25, -0.2) is 9.59 Å². The molecule has 2 rings (SSSR count). The Hall–Kier alpha value is -1.79. The Kier molecular flexibility index (Phi) is 5.59. The van der Waals surface area contributed by atoms with Gasteiger partial charge in [0.2, 0.25) is 0 Å². The summed E-state index contributed by atoms with van der Waals surface area (Å²) < 4.78 is 9.98. The smallest absolute Gasteiger partial charge is 0.412 e. The zero-order chi connectivity index (χ0) is 13.0. The summed E-state index contributed by atoms with van der Waals surface area (Å²) in [4.78, 5) is 23.6. The molecule has 19 heavy (non-hydrogen) atoms. The molecule has 1 aliphatic rings. The molecular formula is C12H14ClNO5. The molecule has 1 amide bonds. The van der Waals surface area contributed by atoms with Gasteiger partial charge in [0.1, 0.15) is 13.3 Å². The topological polar surface area (TPSA) is 76.1 Å². The van der Waals surface area contributed by atoms with E-state index in [-0.39, 0.29) is 32.4 Å². The second-order valence-electron chi connectivity index (χ2n) is 3.86. The highest BCUT2D eigenvalue weighted by Gasteiger charge is 2.36. The van der Waals surface area contributed by atoms with Gasteiger partial charge in [0.05, 0.1) is 6.61 Å². The third-order valence-electron chi connectivity index (χ3n) is 2.61. The van der Waals surface area contributed by atoms with Gasteiger partial charge < -0.3 is 14.6 Å². The van der Waals surface area contributed by atoms with Crippen molar-refractivity contribution in [2.45, 2.75) is 12.6 Å². The molecule has 7 heteroatoms. The number of benzene rings is 1. The first-order chi connectivity index (χ1) is 8.68. The van der Waals surface area contributed by atoms with E-state index in [1.165, 1.54) is 0 Å². The van der Waals surface area contributed by atoms with E-state index >= 15 is 0 Å². The van der Waals surface area contributed by atoms with Crippen LogP contribution in [0.1, 0.15) is 5.56 Å². The Morgan fingerprint density at radius 2 is 2.05 bits per heavy atom. The highest BCUT2D eigenvalue weighted by atomic mass is 35.5. The van der Waals surface area contributed by atoms with E-state index < -0.39 is 18.1 Å². The third kappa shape index (κ3) is 3.84. The Morgan fingerprint density at radius 3 is 2.68 bits per heavy atom. The van der Waals surface area contributed by atoms with Crippen molar-refractivity contribution in [2.24, 2.45) is 0 Å². The maximum absolute atomic E-state index is 11.7. The predicted molar refractivity (Wildman–Crippen MR) is 68.0 cm³/mol. The average molecular weight is 288 g/mol. The van der Waals surface area contributed by atoms with Crippen LogP contribution in [0.5, 0.6) is 0 Å².